The second-order valence-corrected chi connectivity index (χ2v) is 5.30. The topological polar surface area (TPSA) is 97.0 Å². The maximum atomic E-state index is 9.48. The number of anilines is 2. The van der Waals surface area contributed by atoms with E-state index in [0.29, 0.717) is 22.8 Å². The van der Waals surface area contributed by atoms with E-state index in [-0.39, 0.29) is 18.6 Å². The van der Waals surface area contributed by atoms with Gasteiger partial charge >= 0.3 is 0 Å². The summed E-state index contributed by atoms with van der Waals surface area (Å²) in [5.74, 6) is 1.38. The molecule has 0 spiro atoms. The highest BCUT2D eigenvalue weighted by Crippen LogP contribution is 2.20. The van der Waals surface area contributed by atoms with E-state index in [0.717, 1.165) is 12.8 Å². The second-order valence-electron chi connectivity index (χ2n) is 5.30. The van der Waals surface area contributed by atoms with E-state index in [9.17, 15) is 5.11 Å². The van der Waals surface area contributed by atoms with Crippen molar-refractivity contribution in [3.63, 3.8) is 0 Å². The predicted molar refractivity (Wildman–Crippen MR) is 80.3 cm³/mol. The highest BCUT2D eigenvalue weighted by Gasteiger charge is 2.13. The lowest BCUT2D eigenvalue weighted by atomic mass is 10.0. The van der Waals surface area contributed by atoms with Crippen LogP contribution in [0.4, 0.5) is 11.8 Å². The summed E-state index contributed by atoms with van der Waals surface area (Å²) in [4.78, 5) is 12.6. The molecule has 0 bridgehead atoms. The van der Waals surface area contributed by atoms with E-state index in [2.05, 4.69) is 34.1 Å². The van der Waals surface area contributed by atoms with Crippen LogP contribution in [-0.2, 0) is 0 Å². The third-order valence-electron chi connectivity index (χ3n) is 3.13. The third-order valence-corrected chi connectivity index (χ3v) is 3.13. The summed E-state index contributed by atoms with van der Waals surface area (Å²) >= 11 is 0. The lowest BCUT2D eigenvalue weighted by Gasteiger charge is -2.18. The van der Waals surface area contributed by atoms with Crippen LogP contribution in [0.3, 0.4) is 0 Å². The van der Waals surface area contributed by atoms with Gasteiger partial charge in [0.15, 0.2) is 5.82 Å². The summed E-state index contributed by atoms with van der Waals surface area (Å²) in [6, 6.07) is 3.59. The number of nitrogen functional groups attached to an aromatic ring is 1. The van der Waals surface area contributed by atoms with Gasteiger partial charge in [-0.15, -0.1) is 0 Å². The first-order valence-corrected chi connectivity index (χ1v) is 6.85. The van der Waals surface area contributed by atoms with E-state index in [1.165, 1.54) is 0 Å². The summed E-state index contributed by atoms with van der Waals surface area (Å²) in [5, 5.41) is 12.7. The van der Waals surface area contributed by atoms with Crippen molar-refractivity contribution < 1.29 is 5.11 Å². The first kappa shape index (κ1) is 14.5. The highest BCUT2D eigenvalue weighted by molar-refractivity contribution is 5.85. The maximum Gasteiger partial charge on any atom is 0.222 e. The molecule has 0 amide bonds. The van der Waals surface area contributed by atoms with Crippen molar-refractivity contribution in [2.75, 3.05) is 17.7 Å². The molecule has 20 heavy (non-hydrogen) atoms. The molecule has 2 rings (SSSR count). The van der Waals surface area contributed by atoms with Crippen molar-refractivity contribution in [1.82, 2.24) is 15.0 Å². The molecule has 2 aromatic rings. The molecule has 0 saturated carbocycles. The van der Waals surface area contributed by atoms with Gasteiger partial charge < -0.3 is 16.2 Å². The Morgan fingerprint density at radius 2 is 2.10 bits per heavy atom. The van der Waals surface area contributed by atoms with E-state index in [4.69, 9.17) is 5.73 Å². The number of fused-ring (bicyclic) bond motifs is 1. The number of rotatable bonds is 6. The molecule has 0 aliphatic carbocycles. The minimum Gasteiger partial charge on any atom is -0.394 e. The summed E-state index contributed by atoms with van der Waals surface area (Å²) in [7, 11) is 0. The lowest BCUT2D eigenvalue weighted by molar-refractivity contribution is 0.263. The number of aromatic nitrogens is 3. The molecular formula is C14H21N5O. The molecular weight excluding hydrogens is 254 g/mol. The predicted octanol–water partition coefficient (Wildman–Crippen LogP) is 1.82. The smallest absolute Gasteiger partial charge is 0.222 e. The first-order chi connectivity index (χ1) is 9.60. The summed E-state index contributed by atoms with van der Waals surface area (Å²) < 4.78 is 0. The average molecular weight is 275 g/mol. The number of nitrogens with zero attached hydrogens (tertiary/aromatic N) is 3. The highest BCUT2D eigenvalue weighted by atomic mass is 16.3. The minimum absolute atomic E-state index is 0.0466. The Morgan fingerprint density at radius 3 is 2.80 bits per heavy atom. The Bertz CT molecular complexity index is 572. The molecule has 2 aromatic heterocycles. The molecule has 1 atom stereocenters. The standard InChI is InChI=1S/C14H21N5O/c1-9(2)5-6-10(8-20)17-13-12-11(4-3-7-16-12)18-14(15)19-13/h3-4,7,9-10,20H,5-6,8H2,1-2H3,(H3,15,17,18,19)/t10-/m1/s1. The van der Waals surface area contributed by atoms with Crippen molar-refractivity contribution in [1.29, 1.82) is 0 Å². The number of pyridine rings is 1. The largest absolute Gasteiger partial charge is 0.394 e. The number of hydrogen-bond acceptors (Lipinski definition) is 6. The van der Waals surface area contributed by atoms with Gasteiger partial charge in [0.1, 0.15) is 5.52 Å². The monoisotopic (exact) mass is 275 g/mol. The van der Waals surface area contributed by atoms with Gasteiger partial charge in [0.25, 0.3) is 0 Å². The van der Waals surface area contributed by atoms with Gasteiger partial charge in [0.05, 0.1) is 18.2 Å². The van der Waals surface area contributed by atoms with Crippen LogP contribution in [-0.4, -0.2) is 32.7 Å². The van der Waals surface area contributed by atoms with Crippen LogP contribution in [0.15, 0.2) is 18.3 Å². The van der Waals surface area contributed by atoms with Gasteiger partial charge in [0, 0.05) is 6.20 Å². The Morgan fingerprint density at radius 1 is 1.30 bits per heavy atom. The first-order valence-electron chi connectivity index (χ1n) is 6.85. The molecule has 2 heterocycles. The van der Waals surface area contributed by atoms with E-state index >= 15 is 0 Å². The van der Waals surface area contributed by atoms with Crippen molar-refractivity contribution >= 4 is 22.8 Å². The zero-order valence-electron chi connectivity index (χ0n) is 11.9. The fraction of sp³-hybridized carbons (Fsp3) is 0.500. The molecule has 0 aromatic carbocycles. The Kier molecular flexibility index (Phi) is 4.68. The van der Waals surface area contributed by atoms with Gasteiger partial charge in [-0.1, -0.05) is 13.8 Å². The van der Waals surface area contributed by atoms with Crippen LogP contribution >= 0.6 is 0 Å². The zero-order valence-corrected chi connectivity index (χ0v) is 11.9. The van der Waals surface area contributed by atoms with Crippen molar-refractivity contribution in [2.45, 2.75) is 32.7 Å². The lowest BCUT2D eigenvalue weighted by Crippen LogP contribution is -2.25. The second kappa shape index (κ2) is 6.47. The summed E-state index contributed by atoms with van der Waals surface area (Å²) in [6.07, 6.45) is 3.59. The SMILES string of the molecule is CC(C)CC[C@H](CO)Nc1nc(N)nc2cccnc12. The van der Waals surface area contributed by atoms with Gasteiger partial charge in [-0.05, 0) is 30.9 Å². The number of aliphatic hydroxyl groups is 1. The molecule has 0 saturated heterocycles. The Hall–Kier alpha value is -1.95. The number of aliphatic hydroxyl groups excluding tert-OH is 1. The van der Waals surface area contributed by atoms with Gasteiger partial charge in [-0.25, -0.2) is 4.98 Å². The normalized spacial score (nSPS) is 12.8. The molecule has 0 aliphatic rings. The fourth-order valence-electron chi connectivity index (χ4n) is 2.02. The van der Waals surface area contributed by atoms with Gasteiger partial charge in [0.2, 0.25) is 5.95 Å². The van der Waals surface area contributed by atoms with Crippen LogP contribution in [0, 0.1) is 5.92 Å². The van der Waals surface area contributed by atoms with Crippen LogP contribution in [0.1, 0.15) is 26.7 Å². The molecule has 108 valence electrons. The quantitative estimate of drug-likeness (QED) is 0.744. The molecule has 6 heteroatoms. The van der Waals surface area contributed by atoms with Gasteiger partial charge in [-0.2, -0.15) is 4.98 Å². The zero-order chi connectivity index (χ0) is 14.5. The van der Waals surface area contributed by atoms with Crippen molar-refractivity contribution in [3.8, 4) is 0 Å². The fourth-order valence-corrected chi connectivity index (χ4v) is 2.02. The van der Waals surface area contributed by atoms with Crippen molar-refractivity contribution in [3.05, 3.63) is 18.3 Å². The van der Waals surface area contributed by atoms with E-state index in [1.54, 1.807) is 12.3 Å². The third kappa shape index (κ3) is 3.54. The number of hydrogen-bond donors (Lipinski definition) is 3. The Balaban J connectivity index is 2.23. The average Bonchev–Trinajstić information content (AvgIpc) is 2.42. The van der Waals surface area contributed by atoms with Crippen LogP contribution in [0.25, 0.3) is 11.0 Å². The van der Waals surface area contributed by atoms with Crippen molar-refractivity contribution in [2.24, 2.45) is 5.92 Å². The summed E-state index contributed by atoms with van der Waals surface area (Å²) in [6.45, 7) is 4.37. The number of nitrogens with two attached hydrogens (primary N) is 1. The Labute approximate surface area is 118 Å². The van der Waals surface area contributed by atoms with Crippen LogP contribution < -0.4 is 11.1 Å². The van der Waals surface area contributed by atoms with E-state index < -0.39 is 0 Å². The number of nitrogens with one attached hydrogen (secondary N) is 1. The molecule has 0 unspecified atom stereocenters. The van der Waals surface area contributed by atoms with Crippen LogP contribution in [0.2, 0.25) is 0 Å². The molecule has 0 aliphatic heterocycles. The molecule has 6 nitrogen and oxygen atoms in total. The molecule has 4 N–H and O–H groups in total. The van der Waals surface area contributed by atoms with Gasteiger partial charge in [-0.3, -0.25) is 4.98 Å². The maximum absolute atomic E-state index is 9.48. The van der Waals surface area contributed by atoms with E-state index in [1.807, 2.05) is 6.07 Å². The summed E-state index contributed by atoms with van der Waals surface area (Å²) in [5.41, 5.74) is 7.08. The minimum atomic E-state index is -0.0584. The van der Waals surface area contributed by atoms with Crippen LogP contribution in [0.5, 0.6) is 0 Å². The molecule has 0 radical (unpaired) electrons. The molecule has 0 fully saturated rings.